The van der Waals surface area contributed by atoms with Crippen molar-refractivity contribution in [2.45, 2.75) is 51.5 Å². The van der Waals surface area contributed by atoms with Gasteiger partial charge in [0.25, 0.3) is 0 Å². The molecule has 1 heterocycles. The highest BCUT2D eigenvalue weighted by Crippen LogP contribution is 2.09. The third-order valence-corrected chi connectivity index (χ3v) is 3.22. The van der Waals surface area contributed by atoms with E-state index >= 15 is 0 Å². The largest absolute Gasteiger partial charge is 0.311 e. The number of nitrogens with zero attached hydrogens (tertiary/aromatic N) is 1. The van der Waals surface area contributed by atoms with E-state index in [2.05, 4.69) is 24.1 Å². The lowest BCUT2D eigenvalue weighted by atomic mass is 10.1. The molecule has 0 aliphatic carbocycles. The van der Waals surface area contributed by atoms with Crippen LogP contribution in [0.4, 0.5) is 0 Å². The normalized spacial score (nSPS) is 23.2. The fourth-order valence-corrected chi connectivity index (χ4v) is 2.33. The lowest BCUT2D eigenvalue weighted by Gasteiger charge is -2.33. The molecule has 1 rings (SSSR count). The summed E-state index contributed by atoms with van der Waals surface area (Å²) in [5.74, 6) is 0. The van der Waals surface area contributed by atoms with Gasteiger partial charge in [0.15, 0.2) is 0 Å². The number of nitrogens with one attached hydrogen (secondary N) is 1. The van der Waals surface area contributed by atoms with Gasteiger partial charge >= 0.3 is 0 Å². The average Bonchev–Trinajstić information content (AvgIpc) is 2.26. The smallest absolute Gasteiger partial charge is 0.0195 e. The van der Waals surface area contributed by atoms with E-state index in [0.717, 1.165) is 12.5 Å². The van der Waals surface area contributed by atoms with Crippen LogP contribution in [-0.4, -0.2) is 37.1 Å². The lowest BCUT2D eigenvalue weighted by molar-refractivity contribution is 0.195. The predicted octanol–water partition coefficient (Wildman–Crippen LogP) is 2.45. The van der Waals surface area contributed by atoms with Crippen molar-refractivity contribution in [3.63, 3.8) is 0 Å². The summed E-state index contributed by atoms with van der Waals surface area (Å²) in [6, 6.07) is 0.738. The fraction of sp³-hybridized carbons (Fsp3) is 0.923. The van der Waals surface area contributed by atoms with Crippen molar-refractivity contribution in [1.29, 1.82) is 0 Å². The zero-order valence-corrected chi connectivity index (χ0v) is 10.3. The molecule has 2 nitrogen and oxygen atoms in total. The molecule has 2 heteroatoms. The van der Waals surface area contributed by atoms with Crippen LogP contribution in [0, 0.1) is 6.92 Å². The second kappa shape index (κ2) is 8.12. The van der Waals surface area contributed by atoms with E-state index in [1.54, 1.807) is 0 Å². The molecule has 0 aromatic rings. The highest BCUT2D eigenvalue weighted by Gasteiger charge is 2.17. The van der Waals surface area contributed by atoms with Gasteiger partial charge in [0.1, 0.15) is 0 Å². The van der Waals surface area contributed by atoms with E-state index in [-0.39, 0.29) is 0 Å². The standard InChI is InChI=1S/C13H27N2/c1-3-5-6-7-8-13-12-15(10-4-2)11-9-14-13/h13-14H,2-12H2,1H3. The van der Waals surface area contributed by atoms with Gasteiger partial charge in [-0.15, -0.1) is 0 Å². The van der Waals surface area contributed by atoms with Crippen molar-refractivity contribution in [1.82, 2.24) is 10.2 Å². The first kappa shape index (κ1) is 13.0. The van der Waals surface area contributed by atoms with Crippen molar-refractivity contribution in [2.24, 2.45) is 0 Å². The summed E-state index contributed by atoms with van der Waals surface area (Å²) in [6.07, 6.45) is 7.94. The van der Waals surface area contributed by atoms with Gasteiger partial charge in [-0.3, -0.25) is 0 Å². The fourth-order valence-electron chi connectivity index (χ4n) is 2.33. The third kappa shape index (κ3) is 5.53. The Morgan fingerprint density at radius 2 is 2.20 bits per heavy atom. The summed E-state index contributed by atoms with van der Waals surface area (Å²) in [5.41, 5.74) is 0. The molecule has 0 aromatic heterocycles. The number of hydrogen-bond donors (Lipinski definition) is 1. The van der Waals surface area contributed by atoms with Crippen molar-refractivity contribution >= 4 is 0 Å². The minimum Gasteiger partial charge on any atom is -0.311 e. The van der Waals surface area contributed by atoms with Gasteiger partial charge in [0.2, 0.25) is 0 Å². The van der Waals surface area contributed by atoms with Crippen LogP contribution in [0.15, 0.2) is 0 Å². The van der Waals surface area contributed by atoms with E-state index in [4.69, 9.17) is 0 Å². The Labute approximate surface area is 95.4 Å². The van der Waals surface area contributed by atoms with Gasteiger partial charge < -0.3 is 10.2 Å². The van der Waals surface area contributed by atoms with Gasteiger partial charge in [0, 0.05) is 25.7 Å². The zero-order valence-electron chi connectivity index (χ0n) is 10.3. The number of piperazine rings is 1. The molecular formula is C13H27N2. The Morgan fingerprint density at radius 3 is 2.93 bits per heavy atom. The Kier molecular flexibility index (Phi) is 7.03. The maximum atomic E-state index is 3.93. The molecule has 0 spiro atoms. The first-order valence-electron chi connectivity index (χ1n) is 6.61. The molecule has 1 unspecified atom stereocenters. The van der Waals surface area contributed by atoms with E-state index in [1.807, 2.05) is 0 Å². The molecule has 1 aliphatic heterocycles. The van der Waals surface area contributed by atoms with Crippen LogP contribution in [-0.2, 0) is 0 Å². The predicted molar refractivity (Wildman–Crippen MR) is 67.0 cm³/mol. The van der Waals surface area contributed by atoms with Gasteiger partial charge in [-0.25, -0.2) is 0 Å². The molecule has 15 heavy (non-hydrogen) atoms. The highest BCUT2D eigenvalue weighted by molar-refractivity contribution is 4.78. The minimum atomic E-state index is 0.738. The van der Waals surface area contributed by atoms with Crippen LogP contribution >= 0.6 is 0 Å². The van der Waals surface area contributed by atoms with Crippen LogP contribution in [0.2, 0.25) is 0 Å². The van der Waals surface area contributed by atoms with E-state index in [1.165, 1.54) is 58.3 Å². The van der Waals surface area contributed by atoms with Crippen molar-refractivity contribution in [3.05, 3.63) is 6.92 Å². The molecule has 1 aliphatic rings. The summed E-state index contributed by atoms with van der Waals surface area (Å²) in [6.45, 7) is 11.0. The minimum absolute atomic E-state index is 0.738. The molecule has 1 N–H and O–H groups in total. The van der Waals surface area contributed by atoms with Gasteiger partial charge in [-0.1, -0.05) is 39.5 Å². The molecular weight excluding hydrogens is 184 g/mol. The van der Waals surface area contributed by atoms with Crippen LogP contribution in [0.3, 0.4) is 0 Å². The number of unbranched alkanes of at least 4 members (excludes halogenated alkanes) is 3. The molecule has 89 valence electrons. The van der Waals surface area contributed by atoms with E-state index < -0.39 is 0 Å². The zero-order chi connectivity index (χ0) is 10.9. The van der Waals surface area contributed by atoms with E-state index in [9.17, 15) is 0 Å². The van der Waals surface area contributed by atoms with Gasteiger partial charge in [-0.05, 0) is 19.4 Å². The second-order valence-electron chi connectivity index (χ2n) is 4.65. The Hall–Kier alpha value is -0.0800. The quantitative estimate of drug-likeness (QED) is 0.651. The molecule has 1 atom stereocenters. The van der Waals surface area contributed by atoms with Crippen molar-refractivity contribution in [3.8, 4) is 0 Å². The van der Waals surface area contributed by atoms with Crippen molar-refractivity contribution < 1.29 is 0 Å². The summed E-state index contributed by atoms with van der Waals surface area (Å²) < 4.78 is 0. The highest BCUT2D eigenvalue weighted by atomic mass is 15.2. The topological polar surface area (TPSA) is 15.3 Å². The molecule has 1 radical (unpaired) electrons. The lowest BCUT2D eigenvalue weighted by Crippen LogP contribution is -2.50. The maximum absolute atomic E-state index is 3.93. The van der Waals surface area contributed by atoms with Crippen LogP contribution in [0.25, 0.3) is 0 Å². The summed E-state index contributed by atoms with van der Waals surface area (Å²) in [7, 11) is 0. The Morgan fingerprint density at radius 1 is 1.33 bits per heavy atom. The molecule has 0 saturated carbocycles. The first-order valence-corrected chi connectivity index (χ1v) is 6.61. The molecule has 1 fully saturated rings. The van der Waals surface area contributed by atoms with E-state index in [0.29, 0.717) is 0 Å². The molecule has 0 bridgehead atoms. The van der Waals surface area contributed by atoms with Gasteiger partial charge in [-0.2, -0.15) is 0 Å². The molecule has 1 saturated heterocycles. The van der Waals surface area contributed by atoms with Crippen LogP contribution in [0.5, 0.6) is 0 Å². The van der Waals surface area contributed by atoms with Crippen molar-refractivity contribution in [2.75, 3.05) is 26.2 Å². The number of hydrogen-bond acceptors (Lipinski definition) is 2. The first-order chi connectivity index (χ1) is 7.36. The average molecular weight is 211 g/mol. The maximum Gasteiger partial charge on any atom is 0.0195 e. The molecule has 0 aromatic carbocycles. The van der Waals surface area contributed by atoms with Crippen LogP contribution < -0.4 is 5.32 Å². The molecule has 0 amide bonds. The Bertz CT molecular complexity index is 145. The summed E-state index contributed by atoms with van der Waals surface area (Å²) >= 11 is 0. The third-order valence-electron chi connectivity index (χ3n) is 3.22. The van der Waals surface area contributed by atoms with Gasteiger partial charge in [0.05, 0.1) is 0 Å². The SMILES string of the molecule is [CH2]CCN1CCNC(CCCCCC)C1. The summed E-state index contributed by atoms with van der Waals surface area (Å²) in [4.78, 5) is 2.55. The monoisotopic (exact) mass is 211 g/mol. The summed E-state index contributed by atoms with van der Waals surface area (Å²) in [5, 5.41) is 3.62. The Balaban J connectivity index is 2.07. The second-order valence-corrected chi connectivity index (χ2v) is 4.65. The van der Waals surface area contributed by atoms with Crippen LogP contribution in [0.1, 0.15) is 45.4 Å². The number of rotatable bonds is 7.